The summed E-state index contributed by atoms with van der Waals surface area (Å²) in [4.78, 5) is 23.1. The SMILES string of the molecule is Cc1cc(C(=O)NCC(O)c2sccc2C)ccc1[N+](=O)[O-]. The van der Waals surface area contributed by atoms with Crippen LogP contribution < -0.4 is 5.32 Å². The van der Waals surface area contributed by atoms with Crippen LogP contribution in [0.4, 0.5) is 5.69 Å². The molecule has 6 nitrogen and oxygen atoms in total. The zero-order chi connectivity index (χ0) is 16.3. The summed E-state index contributed by atoms with van der Waals surface area (Å²) in [7, 11) is 0. The first-order chi connectivity index (χ1) is 10.4. The number of amides is 1. The van der Waals surface area contributed by atoms with Crippen LogP contribution in [0.5, 0.6) is 0 Å². The Bertz CT molecular complexity index is 711. The summed E-state index contributed by atoms with van der Waals surface area (Å²) in [5, 5.41) is 25.3. The van der Waals surface area contributed by atoms with Crippen molar-refractivity contribution in [3.8, 4) is 0 Å². The normalized spacial score (nSPS) is 12.0. The molecule has 116 valence electrons. The van der Waals surface area contributed by atoms with Crippen LogP contribution in [0.1, 0.15) is 32.5 Å². The van der Waals surface area contributed by atoms with Gasteiger partial charge in [-0.15, -0.1) is 11.3 Å². The fourth-order valence-electron chi connectivity index (χ4n) is 2.11. The lowest BCUT2D eigenvalue weighted by Crippen LogP contribution is -2.28. The number of thiophene rings is 1. The van der Waals surface area contributed by atoms with E-state index in [-0.39, 0.29) is 18.1 Å². The lowest BCUT2D eigenvalue weighted by molar-refractivity contribution is -0.385. The van der Waals surface area contributed by atoms with E-state index in [0.29, 0.717) is 11.1 Å². The molecule has 0 bridgehead atoms. The summed E-state index contributed by atoms with van der Waals surface area (Å²) in [6.45, 7) is 3.57. The largest absolute Gasteiger partial charge is 0.386 e. The minimum atomic E-state index is -0.761. The summed E-state index contributed by atoms with van der Waals surface area (Å²) in [6.07, 6.45) is -0.761. The Morgan fingerprint density at radius 3 is 2.64 bits per heavy atom. The monoisotopic (exact) mass is 320 g/mol. The first-order valence-electron chi connectivity index (χ1n) is 6.65. The number of aliphatic hydroxyl groups excluding tert-OH is 1. The number of hydrogen-bond donors (Lipinski definition) is 2. The first kappa shape index (κ1) is 16.1. The van der Waals surface area contributed by atoms with Gasteiger partial charge in [0, 0.05) is 28.6 Å². The molecule has 22 heavy (non-hydrogen) atoms. The number of nitrogens with zero attached hydrogens (tertiary/aromatic N) is 1. The first-order valence-corrected chi connectivity index (χ1v) is 7.53. The van der Waals surface area contributed by atoms with Gasteiger partial charge in [-0.25, -0.2) is 0 Å². The van der Waals surface area contributed by atoms with Gasteiger partial charge >= 0.3 is 0 Å². The van der Waals surface area contributed by atoms with Gasteiger partial charge in [0.1, 0.15) is 6.10 Å². The third-order valence-corrected chi connectivity index (χ3v) is 4.44. The van der Waals surface area contributed by atoms with Crippen LogP contribution >= 0.6 is 11.3 Å². The lowest BCUT2D eigenvalue weighted by Gasteiger charge is -2.12. The molecular weight excluding hydrogens is 304 g/mol. The van der Waals surface area contributed by atoms with Crippen LogP contribution in [0.2, 0.25) is 0 Å². The van der Waals surface area contributed by atoms with Gasteiger partial charge in [-0.2, -0.15) is 0 Å². The van der Waals surface area contributed by atoms with E-state index in [1.807, 2.05) is 18.4 Å². The number of rotatable bonds is 5. The van der Waals surface area contributed by atoms with Gasteiger partial charge in [0.05, 0.1) is 4.92 Å². The highest BCUT2D eigenvalue weighted by Crippen LogP contribution is 2.23. The van der Waals surface area contributed by atoms with Crippen LogP contribution in [0.3, 0.4) is 0 Å². The average Bonchev–Trinajstić information content (AvgIpc) is 2.90. The van der Waals surface area contributed by atoms with Crippen LogP contribution in [-0.4, -0.2) is 22.5 Å². The fraction of sp³-hybridized carbons (Fsp3) is 0.267. The molecule has 0 saturated carbocycles. The van der Waals surface area contributed by atoms with E-state index in [1.165, 1.54) is 29.5 Å². The van der Waals surface area contributed by atoms with Crippen LogP contribution in [0, 0.1) is 24.0 Å². The van der Waals surface area contributed by atoms with Crippen molar-refractivity contribution in [2.24, 2.45) is 0 Å². The third kappa shape index (κ3) is 3.49. The van der Waals surface area contributed by atoms with Gasteiger partial charge in [-0.3, -0.25) is 14.9 Å². The molecular formula is C15H16N2O4S. The second-order valence-corrected chi connectivity index (χ2v) is 5.90. The topological polar surface area (TPSA) is 92.5 Å². The third-order valence-electron chi connectivity index (χ3n) is 3.32. The van der Waals surface area contributed by atoms with Crippen molar-refractivity contribution in [2.75, 3.05) is 6.54 Å². The maximum atomic E-state index is 12.0. The molecule has 2 rings (SSSR count). The molecule has 0 aliphatic carbocycles. The number of carbonyl (C=O) groups excluding carboxylic acids is 1. The molecule has 0 aliphatic rings. The highest BCUT2D eigenvalue weighted by Gasteiger charge is 2.16. The Hall–Kier alpha value is -2.25. The van der Waals surface area contributed by atoms with Crippen LogP contribution in [-0.2, 0) is 0 Å². The predicted molar refractivity (Wildman–Crippen MR) is 84.2 cm³/mol. The van der Waals surface area contributed by atoms with Crippen molar-refractivity contribution >= 4 is 22.9 Å². The lowest BCUT2D eigenvalue weighted by atomic mass is 10.1. The van der Waals surface area contributed by atoms with E-state index in [9.17, 15) is 20.0 Å². The Kier molecular flexibility index (Phi) is 4.89. The molecule has 1 atom stereocenters. The molecule has 1 amide bonds. The number of nitrogens with one attached hydrogen (secondary N) is 1. The van der Waals surface area contributed by atoms with Crippen molar-refractivity contribution in [2.45, 2.75) is 20.0 Å². The standard InChI is InChI=1S/C15H16N2O4S/c1-9-5-6-22-14(9)13(18)8-16-15(19)11-3-4-12(17(20)21)10(2)7-11/h3-7,13,18H,8H2,1-2H3,(H,16,19). The average molecular weight is 320 g/mol. The van der Waals surface area contributed by atoms with E-state index in [4.69, 9.17) is 0 Å². The maximum Gasteiger partial charge on any atom is 0.272 e. The quantitative estimate of drug-likeness (QED) is 0.654. The Labute approximate surface area is 131 Å². The van der Waals surface area contributed by atoms with E-state index < -0.39 is 11.0 Å². The van der Waals surface area contributed by atoms with Gasteiger partial charge in [0.25, 0.3) is 11.6 Å². The van der Waals surface area contributed by atoms with Crippen molar-refractivity contribution in [3.63, 3.8) is 0 Å². The van der Waals surface area contributed by atoms with Crippen molar-refractivity contribution in [1.29, 1.82) is 0 Å². The molecule has 1 aromatic carbocycles. The number of hydrogen-bond acceptors (Lipinski definition) is 5. The van der Waals surface area contributed by atoms with Gasteiger partial charge in [-0.05, 0) is 43.0 Å². The van der Waals surface area contributed by atoms with E-state index in [2.05, 4.69) is 5.32 Å². The van der Waals surface area contributed by atoms with Gasteiger partial charge in [0.15, 0.2) is 0 Å². The summed E-state index contributed by atoms with van der Waals surface area (Å²) >= 11 is 1.44. The molecule has 0 spiro atoms. The Balaban J connectivity index is 2.02. The smallest absolute Gasteiger partial charge is 0.272 e. The van der Waals surface area contributed by atoms with E-state index >= 15 is 0 Å². The number of carbonyl (C=O) groups is 1. The molecule has 0 saturated heterocycles. The second kappa shape index (κ2) is 6.67. The molecule has 0 fully saturated rings. The predicted octanol–water partition coefficient (Wildman–Crippen LogP) is 2.74. The maximum absolute atomic E-state index is 12.0. The molecule has 2 N–H and O–H groups in total. The molecule has 2 aromatic rings. The molecule has 0 radical (unpaired) electrons. The number of benzene rings is 1. The number of aliphatic hydroxyl groups is 1. The van der Waals surface area contributed by atoms with Crippen molar-refractivity contribution in [1.82, 2.24) is 5.32 Å². The number of aryl methyl sites for hydroxylation is 2. The van der Waals surface area contributed by atoms with Crippen LogP contribution in [0.15, 0.2) is 29.6 Å². The minimum Gasteiger partial charge on any atom is -0.386 e. The molecule has 1 heterocycles. The van der Waals surface area contributed by atoms with Crippen molar-refractivity contribution in [3.05, 3.63) is 61.3 Å². The Morgan fingerprint density at radius 1 is 1.36 bits per heavy atom. The summed E-state index contributed by atoms with van der Waals surface area (Å²) in [6, 6.07) is 6.09. The zero-order valence-electron chi connectivity index (χ0n) is 12.2. The minimum absolute atomic E-state index is 0.0224. The van der Waals surface area contributed by atoms with Gasteiger partial charge in [-0.1, -0.05) is 0 Å². The van der Waals surface area contributed by atoms with Gasteiger partial charge < -0.3 is 10.4 Å². The van der Waals surface area contributed by atoms with Gasteiger partial charge in [0.2, 0.25) is 0 Å². The number of nitro groups is 1. The molecule has 1 aromatic heterocycles. The summed E-state index contributed by atoms with van der Waals surface area (Å²) < 4.78 is 0. The van der Waals surface area contributed by atoms with E-state index in [0.717, 1.165) is 10.4 Å². The summed E-state index contributed by atoms with van der Waals surface area (Å²) in [5.41, 5.74) is 1.72. The Morgan fingerprint density at radius 2 is 2.09 bits per heavy atom. The highest BCUT2D eigenvalue weighted by atomic mass is 32.1. The highest BCUT2D eigenvalue weighted by molar-refractivity contribution is 7.10. The molecule has 7 heteroatoms. The zero-order valence-corrected chi connectivity index (χ0v) is 13.0. The molecule has 1 unspecified atom stereocenters. The number of nitro benzene ring substituents is 1. The molecule has 0 aliphatic heterocycles. The van der Waals surface area contributed by atoms with Crippen LogP contribution in [0.25, 0.3) is 0 Å². The summed E-state index contributed by atoms with van der Waals surface area (Å²) in [5.74, 6) is -0.369. The van der Waals surface area contributed by atoms with Crippen molar-refractivity contribution < 1.29 is 14.8 Å². The second-order valence-electron chi connectivity index (χ2n) is 4.95. The fourth-order valence-corrected chi connectivity index (χ4v) is 3.02. The van der Waals surface area contributed by atoms with E-state index in [1.54, 1.807) is 6.92 Å².